The van der Waals surface area contributed by atoms with Gasteiger partial charge < -0.3 is 4.90 Å². The summed E-state index contributed by atoms with van der Waals surface area (Å²) in [6, 6.07) is -0.211. The molecule has 1 heterocycles. The number of carbonyl (C=O) groups excluding carboxylic acids is 1. The molecule has 5 nitrogen and oxygen atoms in total. The van der Waals surface area contributed by atoms with Crippen LogP contribution < -0.4 is 0 Å². The minimum absolute atomic E-state index is 0.0393. The van der Waals surface area contributed by atoms with Crippen LogP contribution in [-0.2, 0) is 4.79 Å². The lowest BCUT2D eigenvalue weighted by atomic mass is 10.0. The summed E-state index contributed by atoms with van der Waals surface area (Å²) in [5.41, 5.74) is 0. The van der Waals surface area contributed by atoms with Crippen LogP contribution in [0, 0.1) is 16.0 Å². The van der Waals surface area contributed by atoms with Crippen LogP contribution in [0.2, 0.25) is 0 Å². The Labute approximate surface area is 102 Å². The minimum Gasteiger partial charge on any atom is -0.330 e. The Kier molecular flexibility index (Phi) is 4.66. The summed E-state index contributed by atoms with van der Waals surface area (Å²) in [6.07, 6.45) is 3.78. The zero-order chi connectivity index (χ0) is 13.0. The number of likely N-dealkylation sites (tertiary alicyclic amines) is 1. The SMILES string of the molecule is C=CC[C@@H]1CCC(=O)N1[C@H](C[N+](=O)[O-])C(C)C. The highest BCUT2D eigenvalue weighted by Gasteiger charge is 2.38. The third-order valence-corrected chi connectivity index (χ3v) is 3.27. The van der Waals surface area contributed by atoms with E-state index in [4.69, 9.17) is 0 Å². The van der Waals surface area contributed by atoms with Crippen LogP contribution in [0.3, 0.4) is 0 Å². The molecule has 1 amide bonds. The van der Waals surface area contributed by atoms with Crippen LogP contribution in [0.4, 0.5) is 0 Å². The molecule has 0 radical (unpaired) electrons. The Morgan fingerprint density at radius 1 is 1.65 bits per heavy atom. The van der Waals surface area contributed by atoms with Crippen LogP contribution >= 0.6 is 0 Å². The van der Waals surface area contributed by atoms with Crippen molar-refractivity contribution in [2.24, 2.45) is 5.92 Å². The van der Waals surface area contributed by atoms with Gasteiger partial charge in [0.15, 0.2) is 0 Å². The van der Waals surface area contributed by atoms with Crippen LogP contribution in [0.5, 0.6) is 0 Å². The van der Waals surface area contributed by atoms with Gasteiger partial charge >= 0.3 is 0 Å². The highest BCUT2D eigenvalue weighted by Crippen LogP contribution is 2.27. The van der Waals surface area contributed by atoms with Crippen molar-refractivity contribution in [3.63, 3.8) is 0 Å². The average Bonchev–Trinajstić information content (AvgIpc) is 2.57. The molecule has 0 aliphatic carbocycles. The van der Waals surface area contributed by atoms with Gasteiger partial charge in [-0.3, -0.25) is 14.9 Å². The second kappa shape index (κ2) is 5.80. The number of amides is 1. The van der Waals surface area contributed by atoms with Crippen molar-refractivity contribution in [2.75, 3.05) is 6.54 Å². The van der Waals surface area contributed by atoms with Crippen LogP contribution in [-0.4, -0.2) is 34.4 Å². The molecule has 0 aromatic carbocycles. The lowest BCUT2D eigenvalue weighted by Gasteiger charge is -2.33. The summed E-state index contributed by atoms with van der Waals surface area (Å²) in [7, 11) is 0. The van der Waals surface area contributed by atoms with E-state index in [1.54, 1.807) is 11.0 Å². The van der Waals surface area contributed by atoms with Gasteiger partial charge in [-0.15, -0.1) is 6.58 Å². The highest BCUT2D eigenvalue weighted by atomic mass is 16.6. The Bertz CT molecular complexity index is 315. The monoisotopic (exact) mass is 240 g/mol. The van der Waals surface area contributed by atoms with E-state index in [-0.39, 0.29) is 35.4 Å². The van der Waals surface area contributed by atoms with Crippen molar-refractivity contribution < 1.29 is 9.72 Å². The quantitative estimate of drug-likeness (QED) is 0.404. The van der Waals surface area contributed by atoms with Crippen LogP contribution in [0.25, 0.3) is 0 Å². The molecule has 0 saturated carbocycles. The fourth-order valence-corrected chi connectivity index (χ4v) is 2.41. The van der Waals surface area contributed by atoms with Gasteiger partial charge in [0, 0.05) is 17.4 Å². The predicted molar refractivity (Wildman–Crippen MR) is 65.2 cm³/mol. The van der Waals surface area contributed by atoms with E-state index in [1.807, 2.05) is 13.8 Å². The summed E-state index contributed by atoms with van der Waals surface area (Å²) in [5.74, 6) is 0.132. The first-order valence-corrected chi connectivity index (χ1v) is 6.01. The Balaban J connectivity index is 2.85. The van der Waals surface area contributed by atoms with Crippen molar-refractivity contribution in [1.29, 1.82) is 0 Å². The molecule has 1 fully saturated rings. The van der Waals surface area contributed by atoms with Gasteiger partial charge in [0.2, 0.25) is 12.5 Å². The van der Waals surface area contributed by atoms with Crippen LogP contribution in [0.1, 0.15) is 33.1 Å². The van der Waals surface area contributed by atoms with Gasteiger partial charge in [-0.25, -0.2) is 0 Å². The lowest BCUT2D eigenvalue weighted by Crippen LogP contribution is -2.48. The normalized spacial score (nSPS) is 21.9. The van der Waals surface area contributed by atoms with E-state index < -0.39 is 0 Å². The number of carbonyl (C=O) groups is 1. The number of rotatable bonds is 6. The van der Waals surface area contributed by atoms with E-state index in [9.17, 15) is 14.9 Å². The van der Waals surface area contributed by atoms with E-state index in [2.05, 4.69) is 6.58 Å². The fraction of sp³-hybridized carbons (Fsp3) is 0.750. The Morgan fingerprint density at radius 3 is 2.76 bits per heavy atom. The molecule has 17 heavy (non-hydrogen) atoms. The summed E-state index contributed by atoms with van der Waals surface area (Å²) in [5, 5.41) is 10.7. The third kappa shape index (κ3) is 3.28. The first-order chi connectivity index (χ1) is 7.97. The second-order valence-corrected chi connectivity index (χ2v) is 4.84. The van der Waals surface area contributed by atoms with Crippen molar-refractivity contribution in [1.82, 2.24) is 4.90 Å². The van der Waals surface area contributed by atoms with E-state index in [1.165, 1.54) is 0 Å². The largest absolute Gasteiger partial charge is 0.330 e. The summed E-state index contributed by atoms with van der Waals surface area (Å²) in [4.78, 5) is 23.9. The molecule has 5 heteroatoms. The maximum Gasteiger partial charge on any atom is 0.224 e. The van der Waals surface area contributed by atoms with Crippen molar-refractivity contribution in [3.05, 3.63) is 22.8 Å². The molecule has 0 aromatic rings. The lowest BCUT2D eigenvalue weighted by molar-refractivity contribution is -0.487. The summed E-state index contributed by atoms with van der Waals surface area (Å²) < 4.78 is 0. The second-order valence-electron chi connectivity index (χ2n) is 4.84. The fourth-order valence-electron chi connectivity index (χ4n) is 2.41. The first-order valence-electron chi connectivity index (χ1n) is 6.01. The number of nitrogens with zero attached hydrogens (tertiary/aromatic N) is 2. The third-order valence-electron chi connectivity index (χ3n) is 3.27. The van der Waals surface area contributed by atoms with E-state index in [0.29, 0.717) is 12.8 Å². The van der Waals surface area contributed by atoms with Gasteiger partial charge in [0.25, 0.3) is 0 Å². The van der Waals surface area contributed by atoms with E-state index in [0.717, 1.165) is 6.42 Å². The highest BCUT2D eigenvalue weighted by molar-refractivity contribution is 5.79. The molecule has 0 N–H and O–H groups in total. The van der Waals surface area contributed by atoms with Gasteiger partial charge in [-0.1, -0.05) is 19.9 Å². The summed E-state index contributed by atoms with van der Waals surface area (Å²) >= 11 is 0. The molecule has 0 bridgehead atoms. The molecule has 2 atom stereocenters. The molecular formula is C12H20N2O3. The predicted octanol–water partition coefficient (Wildman–Crippen LogP) is 1.85. The van der Waals surface area contributed by atoms with Gasteiger partial charge in [0.1, 0.15) is 0 Å². The van der Waals surface area contributed by atoms with E-state index >= 15 is 0 Å². The Hall–Kier alpha value is -1.39. The van der Waals surface area contributed by atoms with Crippen molar-refractivity contribution in [2.45, 2.75) is 45.2 Å². The standard InChI is InChI=1S/C12H20N2O3/c1-4-5-10-6-7-12(15)14(10)11(9(2)3)8-13(16)17/h4,9-11H,1,5-8H2,2-3H3/t10-,11-/m1/s1. The summed E-state index contributed by atoms with van der Waals surface area (Å²) in [6.45, 7) is 7.35. The first kappa shape index (κ1) is 13.7. The topological polar surface area (TPSA) is 63.5 Å². The minimum atomic E-state index is -0.332. The maximum absolute atomic E-state index is 11.9. The molecule has 0 spiro atoms. The van der Waals surface area contributed by atoms with Crippen LogP contribution in [0.15, 0.2) is 12.7 Å². The molecule has 1 rings (SSSR count). The zero-order valence-corrected chi connectivity index (χ0v) is 10.5. The van der Waals surface area contributed by atoms with Gasteiger partial charge in [-0.05, 0) is 18.8 Å². The molecular weight excluding hydrogens is 220 g/mol. The number of hydrogen-bond acceptors (Lipinski definition) is 3. The maximum atomic E-state index is 11.9. The van der Waals surface area contributed by atoms with Crippen molar-refractivity contribution in [3.8, 4) is 0 Å². The Morgan fingerprint density at radius 2 is 2.29 bits per heavy atom. The molecule has 1 saturated heterocycles. The smallest absolute Gasteiger partial charge is 0.224 e. The molecule has 0 unspecified atom stereocenters. The average molecular weight is 240 g/mol. The number of nitro groups is 1. The van der Waals surface area contributed by atoms with Gasteiger partial charge in [0.05, 0.1) is 6.04 Å². The molecule has 96 valence electrons. The zero-order valence-electron chi connectivity index (χ0n) is 10.5. The molecule has 1 aliphatic rings. The number of hydrogen-bond donors (Lipinski definition) is 0. The molecule has 1 aliphatic heterocycles. The molecule has 0 aromatic heterocycles. The van der Waals surface area contributed by atoms with Gasteiger partial charge in [-0.2, -0.15) is 0 Å². The van der Waals surface area contributed by atoms with Crippen molar-refractivity contribution >= 4 is 5.91 Å².